The van der Waals surface area contributed by atoms with Crippen molar-refractivity contribution in [2.75, 3.05) is 6.79 Å². The maximum Gasteiger partial charge on any atom is 0.417 e. The molecular formula is C19H21F3O2. The van der Waals surface area contributed by atoms with Gasteiger partial charge in [0.2, 0.25) is 6.79 Å². The van der Waals surface area contributed by atoms with Gasteiger partial charge in [0.25, 0.3) is 0 Å². The van der Waals surface area contributed by atoms with E-state index in [0.717, 1.165) is 19.3 Å². The second kappa shape index (κ2) is 6.91. The molecule has 0 radical (unpaired) electrons. The lowest BCUT2D eigenvalue weighted by atomic mass is 10.0. The molecule has 5 heteroatoms. The molecule has 0 atom stereocenters. The van der Waals surface area contributed by atoms with Gasteiger partial charge in [-0.05, 0) is 47.8 Å². The molecule has 1 aromatic carbocycles. The first-order chi connectivity index (χ1) is 11.5. The van der Waals surface area contributed by atoms with Crippen LogP contribution in [0.15, 0.2) is 24.3 Å². The van der Waals surface area contributed by atoms with Gasteiger partial charge in [-0.1, -0.05) is 38.7 Å². The summed E-state index contributed by atoms with van der Waals surface area (Å²) in [5.74, 6) is 0.893. The molecule has 0 fully saturated rings. The largest absolute Gasteiger partial charge is 0.454 e. The fraction of sp³-hybridized carbons (Fsp3) is 0.474. The molecule has 1 heterocycles. The molecule has 3 rings (SSSR count). The highest BCUT2D eigenvalue weighted by atomic mass is 19.4. The van der Waals surface area contributed by atoms with Gasteiger partial charge in [0.05, 0.1) is 5.57 Å². The summed E-state index contributed by atoms with van der Waals surface area (Å²) in [6.45, 7) is 2.21. The van der Waals surface area contributed by atoms with Gasteiger partial charge in [0, 0.05) is 0 Å². The highest BCUT2D eigenvalue weighted by molar-refractivity contribution is 5.98. The Balaban J connectivity index is 1.82. The van der Waals surface area contributed by atoms with Crippen molar-refractivity contribution >= 4 is 11.1 Å². The summed E-state index contributed by atoms with van der Waals surface area (Å²) in [5.41, 5.74) is 0.795. The van der Waals surface area contributed by atoms with Crippen LogP contribution in [0.3, 0.4) is 0 Å². The quantitative estimate of drug-likeness (QED) is 0.582. The predicted octanol–water partition coefficient (Wildman–Crippen LogP) is 6.12. The molecule has 1 aliphatic heterocycles. The number of hydrogen-bond acceptors (Lipinski definition) is 2. The smallest absolute Gasteiger partial charge is 0.417 e. The van der Waals surface area contributed by atoms with E-state index < -0.39 is 11.7 Å². The van der Waals surface area contributed by atoms with Crippen LogP contribution in [-0.2, 0) is 0 Å². The van der Waals surface area contributed by atoms with Crippen LogP contribution < -0.4 is 9.47 Å². The van der Waals surface area contributed by atoms with Gasteiger partial charge in [-0.2, -0.15) is 13.2 Å². The number of rotatable bonds is 6. The maximum absolute atomic E-state index is 13.3. The van der Waals surface area contributed by atoms with Crippen molar-refractivity contribution in [3.63, 3.8) is 0 Å². The van der Waals surface area contributed by atoms with Crippen LogP contribution in [0, 0.1) is 0 Å². The lowest BCUT2D eigenvalue weighted by molar-refractivity contribution is -0.0687. The van der Waals surface area contributed by atoms with E-state index in [1.807, 2.05) is 6.08 Å². The Labute approximate surface area is 140 Å². The third-order valence-corrected chi connectivity index (χ3v) is 4.39. The van der Waals surface area contributed by atoms with E-state index in [9.17, 15) is 13.2 Å². The monoisotopic (exact) mass is 338 g/mol. The number of allylic oxidation sites excluding steroid dienone is 4. The summed E-state index contributed by atoms with van der Waals surface area (Å²) in [6.07, 6.45) is 5.24. The van der Waals surface area contributed by atoms with Gasteiger partial charge in [-0.3, -0.25) is 0 Å². The number of unbranched alkanes of at least 4 members (excludes halogenated alkanes) is 5. The SMILES string of the molecule is CCCCCCC/C=C1\C=C(C(F)(F)F)c2cc3c(cc21)OCO3. The Morgan fingerprint density at radius 1 is 1.00 bits per heavy atom. The van der Waals surface area contributed by atoms with E-state index in [1.165, 1.54) is 31.4 Å². The number of fused-ring (bicyclic) bond motifs is 2. The highest BCUT2D eigenvalue weighted by Crippen LogP contribution is 2.48. The van der Waals surface area contributed by atoms with E-state index in [-0.39, 0.29) is 12.4 Å². The minimum absolute atomic E-state index is 0.0553. The van der Waals surface area contributed by atoms with E-state index >= 15 is 0 Å². The predicted molar refractivity (Wildman–Crippen MR) is 88.0 cm³/mol. The molecule has 0 bridgehead atoms. The van der Waals surface area contributed by atoms with Gasteiger partial charge >= 0.3 is 6.18 Å². The molecule has 0 amide bonds. The average molecular weight is 338 g/mol. The molecular weight excluding hydrogens is 317 g/mol. The van der Waals surface area contributed by atoms with E-state index in [1.54, 1.807) is 6.07 Å². The second-order valence-electron chi connectivity index (χ2n) is 6.17. The van der Waals surface area contributed by atoms with Crippen molar-refractivity contribution in [1.82, 2.24) is 0 Å². The standard InChI is InChI=1S/C19H21F3O2/c1-2-3-4-5-6-7-8-13-9-16(19(20,21)22)15-11-18-17(10-14(13)15)23-12-24-18/h8-11H,2-7,12H2,1H3/b13-8+. The summed E-state index contributed by atoms with van der Waals surface area (Å²) < 4.78 is 50.5. The molecule has 0 unspecified atom stereocenters. The number of benzene rings is 1. The van der Waals surface area contributed by atoms with Gasteiger partial charge in [-0.25, -0.2) is 0 Å². The molecule has 0 saturated heterocycles. The van der Waals surface area contributed by atoms with E-state index in [4.69, 9.17) is 9.47 Å². The van der Waals surface area contributed by atoms with Crippen LogP contribution >= 0.6 is 0 Å². The zero-order valence-electron chi connectivity index (χ0n) is 13.7. The van der Waals surface area contributed by atoms with Crippen LogP contribution in [0.25, 0.3) is 11.1 Å². The first kappa shape index (κ1) is 16.9. The van der Waals surface area contributed by atoms with E-state index in [2.05, 4.69) is 6.92 Å². The number of ether oxygens (including phenoxy) is 2. The fourth-order valence-electron chi connectivity index (χ4n) is 3.12. The minimum Gasteiger partial charge on any atom is -0.454 e. The number of halogens is 3. The Morgan fingerprint density at radius 2 is 1.67 bits per heavy atom. The fourth-order valence-corrected chi connectivity index (χ4v) is 3.12. The third-order valence-electron chi connectivity index (χ3n) is 4.39. The summed E-state index contributed by atoms with van der Waals surface area (Å²) in [4.78, 5) is 0. The summed E-state index contributed by atoms with van der Waals surface area (Å²) in [7, 11) is 0. The molecule has 0 N–H and O–H groups in total. The molecule has 1 aliphatic carbocycles. The molecule has 130 valence electrons. The van der Waals surface area contributed by atoms with Gasteiger partial charge in [-0.15, -0.1) is 0 Å². The zero-order valence-corrected chi connectivity index (χ0v) is 13.7. The van der Waals surface area contributed by atoms with Crippen LogP contribution in [-0.4, -0.2) is 13.0 Å². The lowest BCUT2D eigenvalue weighted by Crippen LogP contribution is -2.09. The zero-order chi connectivity index (χ0) is 17.2. The summed E-state index contributed by atoms with van der Waals surface area (Å²) in [6, 6.07) is 3.11. The maximum atomic E-state index is 13.3. The Hall–Kier alpha value is -1.91. The highest BCUT2D eigenvalue weighted by Gasteiger charge is 2.40. The lowest BCUT2D eigenvalue weighted by Gasteiger charge is -2.10. The average Bonchev–Trinajstić information content (AvgIpc) is 3.12. The van der Waals surface area contributed by atoms with Crippen molar-refractivity contribution in [2.45, 2.75) is 51.6 Å². The van der Waals surface area contributed by atoms with Crippen LogP contribution in [0.4, 0.5) is 13.2 Å². The molecule has 0 spiro atoms. The van der Waals surface area contributed by atoms with Crippen LogP contribution in [0.2, 0.25) is 0 Å². The Kier molecular flexibility index (Phi) is 4.88. The summed E-state index contributed by atoms with van der Waals surface area (Å²) >= 11 is 0. The normalized spacial score (nSPS) is 17.3. The van der Waals surface area contributed by atoms with Crippen molar-refractivity contribution in [3.8, 4) is 11.5 Å². The van der Waals surface area contributed by atoms with Crippen molar-refractivity contribution in [2.24, 2.45) is 0 Å². The molecule has 0 saturated carbocycles. The minimum atomic E-state index is -4.38. The third kappa shape index (κ3) is 3.45. The van der Waals surface area contributed by atoms with Crippen molar-refractivity contribution in [3.05, 3.63) is 35.4 Å². The molecule has 24 heavy (non-hydrogen) atoms. The summed E-state index contributed by atoms with van der Waals surface area (Å²) in [5, 5.41) is 0. The molecule has 1 aromatic rings. The first-order valence-electron chi connectivity index (χ1n) is 8.44. The van der Waals surface area contributed by atoms with Gasteiger partial charge in [0.15, 0.2) is 11.5 Å². The second-order valence-corrected chi connectivity index (χ2v) is 6.17. The molecule has 2 aliphatic rings. The van der Waals surface area contributed by atoms with Crippen LogP contribution in [0.5, 0.6) is 11.5 Å². The van der Waals surface area contributed by atoms with Gasteiger partial charge in [0.1, 0.15) is 0 Å². The van der Waals surface area contributed by atoms with Crippen LogP contribution in [0.1, 0.15) is 56.6 Å². The first-order valence-corrected chi connectivity index (χ1v) is 8.44. The van der Waals surface area contributed by atoms with Crippen molar-refractivity contribution in [1.29, 1.82) is 0 Å². The van der Waals surface area contributed by atoms with E-state index in [0.29, 0.717) is 22.6 Å². The number of alkyl halides is 3. The Morgan fingerprint density at radius 3 is 2.33 bits per heavy atom. The molecule has 0 aromatic heterocycles. The molecule has 2 nitrogen and oxygen atoms in total. The topological polar surface area (TPSA) is 18.5 Å². The van der Waals surface area contributed by atoms with Crippen molar-refractivity contribution < 1.29 is 22.6 Å². The Bertz CT molecular complexity index is 672. The van der Waals surface area contributed by atoms with Gasteiger partial charge < -0.3 is 9.47 Å². The number of hydrogen-bond donors (Lipinski definition) is 0.